The monoisotopic (exact) mass is 355 g/mol. The van der Waals surface area contributed by atoms with E-state index in [0.717, 1.165) is 29.9 Å². The molecule has 1 fully saturated rings. The predicted octanol–water partition coefficient (Wildman–Crippen LogP) is 3.67. The lowest BCUT2D eigenvalue weighted by Gasteiger charge is -2.32. The smallest absolute Gasteiger partial charge is 0.321 e. The molecule has 1 aromatic rings. The third kappa shape index (κ3) is 4.64. The van der Waals surface area contributed by atoms with Crippen molar-refractivity contribution in [3.8, 4) is 0 Å². The first kappa shape index (κ1) is 18.1. The van der Waals surface area contributed by atoms with Gasteiger partial charge in [0.05, 0.1) is 7.11 Å². The minimum atomic E-state index is -0.988. The lowest BCUT2D eigenvalue weighted by molar-refractivity contribution is -0.161. The molecule has 0 heterocycles. The van der Waals surface area contributed by atoms with E-state index < -0.39 is 11.4 Å². The first-order valence-corrected chi connectivity index (χ1v) is 9.20. The standard InChI is InChI=1S/C17H22ClNO3S/c1-22-16(21)17(9-3-2-4-10-17)15(20)19-11-12-23-14-7-5-13(18)6-8-14/h5-8H,2-4,9-12H2,1H3,(H,19,20). The molecule has 1 aromatic carbocycles. The fourth-order valence-corrected chi connectivity index (χ4v) is 3.80. The molecular weight excluding hydrogens is 334 g/mol. The highest BCUT2D eigenvalue weighted by molar-refractivity contribution is 7.99. The Labute approximate surface area is 146 Å². The van der Waals surface area contributed by atoms with Gasteiger partial charge in [-0.1, -0.05) is 30.9 Å². The Kier molecular flexibility index (Phi) is 6.78. The molecule has 0 aliphatic heterocycles. The molecule has 0 radical (unpaired) electrons. The van der Waals surface area contributed by atoms with Crippen LogP contribution in [0.5, 0.6) is 0 Å². The molecular formula is C17H22ClNO3S. The third-order valence-electron chi connectivity index (χ3n) is 4.19. The first-order valence-electron chi connectivity index (χ1n) is 7.83. The molecule has 0 aromatic heterocycles. The second-order valence-corrected chi connectivity index (χ2v) is 7.30. The number of benzene rings is 1. The van der Waals surface area contributed by atoms with Crippen molar-refractivity contribution in [3.63, 3.8) is 0 Å². The van der Waals surface area contributed by atoms with E-state index in [1.54, 1.807) is 11.8 Å². The van der Waals surface area contributed by atoms with Gasteiger partial charge in [0, 0.05) is 22.2 Å². The van der Waals surface area contributed by atoms with E-state index in [0.29, 0.717) is 24.4 Å². The molecule has 0 atom stereocenters. The second kappa shape index (κ2) is 8.60. The molecule has 0 unspecified atom stereocenters. The van der Waals surface area contributed by atoms with Crippen LogP contribution in [0, 0.1) is 5.41 Å². The van der Waals surface area contributed by atoms with Crippen molar-refractivity contribution in [1.29, 1.82) is 0 Å². The summed E-state index contributed by atoms with van der Waals surface area (Å²) in [6.07, 6.45) is 4.01. The fourth-order valence-electron chi connectivity index (χ4n) is 2.91. The number of hydrogen-bond acceptors (Lipinski definition) is 4. The second-order valence-electron chi connectivity index (χ2n) is 5.69. The van der Waals surface area contributed by atoms with Crippen LogP contribution in [0.4, 0.5) is 0 Å². The SMILES string of the molecule is COC(=O)C1(C(=O)NCCSc2ccc(Cl)cc2)CCCCC1. The zero-order valence-corrected chi connectivity index (χ0v) is 14.8. The summed E-state index contributed by atoms with van der Waals surface area (Å²) < 4.78 is 4.88. The maximum Gasteiger partial charge on any atom is 0.321 e. The molecule has 1 aliphatic carbocycles. The molecule has 1 aliphatic rings. The number of nitrogens with one attached hydrogen (secondary N) is 1. The van der Waals surface area contributed by atoms with Crippen LogP contribution >= 0.6 is 23.4 Å². The maximum atomic E-state index is 12.5. The lowest BCUT2D eigenvalue weighted by Crippen LogP contribution is -2.48. The predicted molar refractivity (Wildman–Crippen MR) is 92.7 cm³/mol. The number of amides is 1. The molecule has 126 valence electrons. The molecule has 1 amide bonds. The molecule has 2 rings (SSSR count). The van der Waals surface area contributed by atoms with E-state index in [4.69, 9.17) is 16.3 Å². The fraction of sp³-hybridized carbons (Fsp3) is 0.529. The summed E-state index contributed by atoms with van der Waals surface area (Å²) in [5, 5.41) is 3.61. The molecule has 23 heavy (non-hydrogen) atoms. The normalized spacial score (nSPS) is 16.6. The number of carbonyl (C=O) groups is 2. The Morgan fingerprint density at radius 2 is 1.87 bits per heavy atom. The van der Waals surface area contributed by atoms with E-state index in [1.165, 1.54) is 7.11 Å². The Morgan fingerprint density at radius 1 is 1.22 bits per heavy atom. The number of halogens is 1. The average Bonchev–Trinajstić information content (AvgIpc) is 2.59. The topological polar surface area (TPSA) is 55.4 Å². The van der Waals surface area contributed by atoms with Gasteiger partial charge in [0.15, 0.2) is 0 Å². The third-order valence-corrected chi connectivity index (χ3v) is 5.45. The summed E-state index contributed by atoms with van der Waals surface area (Å²) in [5.74, 6) is 0.144. The number of ether oxygens (including phenoxy) is 1. The van der Waals surface area contributed by atoms with E-state index in [2.05, 4.69) is 5.32 Å². The van der Waals surface area contributed by atoms with E-state index in [9.17, 15) is 9.59 Å². The van der Waals surface area contributed by atoms with Gasteiger partial charge in [0.25, 0.3) is 0 Å². The van der Waals surface area contributed by atoms with Gasteiger partial charge in [-0.25, -0.2) is 0 Å². The molecule has 0 saturated heterocycles. The van der Waals surface area contributed by atoms with Gasteiger partial charge < -0.3 is 10.1 Å². The highest BCUT2D eigenvalue weighted by Crippen LogP contribution is 2.37. The summed E-state index contributed by atoms with van der Waals surface area (Å²) in [7, 11) is 1.35. The van der Waals surface area contributed by atoms with Crippen molar-refractivity contribution in [2.75, 3.05) is 19.4 Å². The van der Waals surface area contributed by atoms with Crippen LogP contribution in [0.1, 0.15) is 32.1 Å². The van der Waals surface area contributed by atoms with Crippen molar-refractivity contribution in [3.05, 3.63) is 29.3 Å². The van der Waals surface area contributed by atoms with E-state index in [1.807, 2.05) is 24.3 Å². The van der Waals surface area contributed by atoms with Crippen molar-refractivity contribution in [2.45, 2.75) is 37.0 Å². The maximum absolute atomic E-state index is 12.5. The van der Waals surface area contributed by atoms with Gasteiger partial charge in [0.2, 0.25) is 5.91 Å². The van der Waals surface area contributed by atoms with Gasteiger partial charge in [0.1, 0.15) is 5.41 Å². The molecule has 0 bridgehead atoms. The van der Waals surface area contributed by atoms with Crippen LogP contribution in [0.15, 0.2) is 29.2 Å². The van der Waals surface area contributed by atoms with Gasteiger partial charge in [-0.2, -0.15) is 0 Å². The highest BCUT2D eigenvalue weighted by Gasteiger charge is 2.47. The molecule has 0 spiro atoms. The Hall–Kier alpha value is -1.20. The summed E-state index contributed by atoms with van der Waals surface area (Å²) in [6.45, 7) is 0.519. The Bertz CT molecular complexity index is 541. The van der Waals surface area contributed by atoms with Gasteiger partial charge in [-0.05, 0) is 37.1 Å². The Morgan fingerprint density at radius 3 is 2.48 bits per heavy atom. The average molecular weight is 356 g/mol. The van der Waals surface area contributed by atoms with Crippen molar-refractivity contribution in [2.24, 2.45) is 5.41 Å². The first-order chi connectivity index (χ1) is 11.1. The van der Waals surface area contributed by atoms with Crippen LogP contribution in [-0.4, -0.2) is 31.3 Å². The summed E-state index contributed by atoms with van der Waals surface area (Å²) in [5.41, 5.74) is -0.988. The van der Waals surface area contributed by atoms with Gasteiger partial charge in [-0.3, -0.25) is 9.59 Å². The molecule has 1 N–H and O–H groups in total. The number of thioether (sulfide) groups is 1. The minimum absolute atomic E-state index is 0.194. The molecule has 6 heteroatoms. The van der Waals surface area contributed by atoms with Crippen LogP contribution < -0.4 is 5.32 Å². The van der Waals surface area contributed by atoms with Crippen molar-refractivity contribution in [1.82, 2.24) is 5.32 Å². The zero-order valence-electron chi connectivity index (χ0n) is 13.3. The minimum Gasteiger partial charge on any atom is -0.468 e. The number of esters is 1. The molecule has 4 nitrogen and oxygen atoms in total. The Balaban J connectivity index is 1.84. The van der Waals surface area contributed by atoms with E-state index in [-0.39, 0.29) is 5.91 Å². The van der Waals surface area contributed by atoms with Crippen LogP contribution in [-0.2, 0) is 14.3 Å². The summed E-state index contributed by atoms with van der Waals surface area (Å²) >= 11 is 7.49. The van der Waals surface area contributed by atoms with E-state index >= 15 is 0 Å². The van der Waals surface area contributed by atoms with Gasteiger partial charge in [-0.15, -0.1) is 11.8 Å². The largest absolute Gasteiger partial charge is 0.468 e. The molecule has 1 saturated carbocycles. The number of carbonyl (C=O) groups excluding carboxylic acids is 2. The van der Waals surface area contributed by atoms with Crippen LogP contribution in [0.3, 0.4) is 0 Å². The van der Waals surface area contributed by atoms with Crippen LogP contribution in [0.2, 0.25) is 5.02 Å². The zero-order chi connectivity index (χ0) is 16.7. The lowest BCUT2D eigenvalue weighted by atomic mass is 9.73. The number of methoxy groups -OCH3 is 1. The summed E-state index contributed by atoms with van der Waals surface area (Å²) in [4.78, 5) is 25.8. The van der Waals surface area contributed by atoms with Crippen LogP contribution in [0.25, 0.3) is 0 Å². The van der Waals surface area contributed by atoms with Crippen molar-refractivity contribution >= 4 is 35.2 Å². The summed E-state index contributed by atoms with van der Waals surface area (Å²) in [6, 6.07) is 7.59. The van der Waals surface area contributed by atoms with Crippen molar-refractivity contribution < 1.29 is 14.3 Å². The quantitative estimate of drug-likeness (QED) is 0.366. The van der Waals surface area contributed by atoms with Gasteiger partial charge >= 0.3 is 5.97 Å². The highest BCUT2D eigenvalue weighted by atomic mass is 35.5. The number of hydrogen-bond donors (Lipinski definition) is 1. The number of rotatable bonds is 6.